The lowest BCUT2D eigenvalue weighted by atomic mass is 10.1. The van der Waals surface area contributed by atoms with Gasteiger partial charge in [0.2, 0.25) is 0 Å². The second kappa shape index (κ2) is 6.67. The molecule has 0 aliphatic carbocycles. The summed E-state index contributed by atoms with van der Waals surface area (Å²) in [6.07, 6.45) is -3.29. The van der Waals surface area contributed by atoms with Gasteiger partial charge in [0.25, 0.3) is 5.91 Å². The first kappa shape index (κ1) is 17.7. The number of ether oxygens (including phenoxy) is 1. The van der Waals surface area contributed by atoms with Crippen molar-refractivity contribution in [3.63, 3.8) is 0 Å². The molecule has 0 fully saturated rings. The summed E-state index contributed by atoms with van der Waals surface area (Å²) in [5.74, 6) is 0.102. The molecule has 0 atom stereocenters. The Morgan fingerprint density at radius 1 is 1.15 bits per heavy atom. The third kappa shape index (κ3) is 3.33. The van der Waals surface area contributed by atoms with Crippen LogP contribution in [-0.4, -0.2) is 18.0 Å². The number of aromatic nitrogens is 1. The molecule has 1 heterocycles. The van der Waals surface area contributed by atoms with E-state index in [1.807, 2.05) is 6.92 Å². The molecule has 7 heteroatoms. The molecule has 4 nitrogen and oxygen atoms in total. The fourth-order valence-electron chi connectivity index (χ4n) is 2.67. The Morgan fingerprint density at radius 2 is 1.92 bits per heavy atom. The molecule has 0 saturated heterocycles. The molecule has 3 aromatic rings. The number of aryl methyl sites for hydroxylation is 1. The Bertz CT molecular complexity index is 984. The molecule has 3 rings (SSSR count). The molecule has 26 heavy (non-hydrogen) atoms. The molecule has 1 N–H and O–H groups in total. The lowest BCUT2D eigenvalue weighted by molar-refractivity contribution is -0.136. The summed E-state index contributed by atoms with van der Waals surface area (Å²) in [5, 5.41) is 2.87. The van der Waals surface area contributed by atoms with Gasteiger partial charge in [0.1, 0.15) is 5.75 Å². The van der Waals surface area contributed by atoms with Crippen molar-refractivity contribution < 1.29 is 22.7 Å². The number of carbonyl (C=O) groups is 1. The molecular formula is C19H15F3N2O2. The maximum Gasteiger partial charge on any atom is 0.418 e. The van der Waals surface area contributed by atoms with Crippen LogP contribution in [-0.2, 0) is 6.18 Å². The zero-order chi connectivity index (χ0) is 18.9. The molecular weight excluding hydrogens is 345 g/mol. The molecule has 0 aliphatic heterocycles. The van der Waals surface area contributed by atoms with E-state index in [1.165, 1.54) is 31.5 Å². The number of methoxy groups -OCH3 is 1. The van der Waals surface area contributed by atoms with E-state index in [1.54, 1.807) is 18.2 Å². The number of anilines is 1. The van der Waals surface area contributed by atoms with Gasteiger partial charge in [-0.2, -0.15) is 13.2 Å². The number of pyridine rings is 1. The maximum atomic E-state index is 13.2. The minimum atomic E-state index is -4.53. The SMILES string of the molecule is COc1cc(C(=O)Nc2ccnc3c(C(F)(F)F)cccc23)ccc1C. The number of hydrogen-bond acceptors (Lipinski definition) is 3. The van der Waals surface area contributed by atoms with E-state index in [2.05, 4.69) is 10.3 Å². The Kier molecular flexibility index (Phi) is 4.54. The molecule has 2 aromatic carbocycles. The lowest BCUT2D eigenvalue weighted by Crippen LogP contribution is -2.13. The van der Waals surface area contributed by atoms with Crippen molar-refractivity contribution in [1.29, 1.82) is 0 Å². The van der Waals surface area contributed by atoms with E-state index in [-0.39, 0.29) is 16.6 Å². The molecule has 1 aromatic heterocycles. The van der Waals surface area contributed by atoms with Crippen molar-refractivity contribution in [3.8, 4) is 5.75 Å². The fourth-order valence-corrected chi connectivity index (χ4v) is 2.67. The van der Waals surface area contributed by atoms with Crippen LogP contribution in [0, 0.1) is 6.92 Å². The number of carbonyl (C=O) groups excluding carboxylic acids is 1. The van der Waals surface area contributed by atoms with E-state index in [4.69, 9.17) is 4.74 Å². The summed E-state index contributed by atoms with van der Waals surface area (Å²) in [4.78, 5) is 16.3. The molecule has 0 bridgehead atoms. The van der Waals surface area contributed by atoms with Crippen molar-refractivity contribution in [2.45, 2.75) is 13.1 Å². The Labute approximate surface area is 147 Å². The molecule has 134 valence electrons. The number of benzene rings is 2. The molecule has 0 aliphatic rings. The lowest BCUT2D eigenvalue weighted by Gasteiger charge is -2.13. The highest BCUT2D eigenvalue weighted by Crippen LogP contribution is 2.35. The third-order valence-corrected chi connectivity index (χ3v) is 3.99. The van der Waals surface area contributed by atoms with Crippen molar-refractivity contribution >= 4 is 22.5 Å². The average Bonchev–Trinajstić information content (AvgIpc) is 2.61. The summed E-state index contributed by atoms with van der Waals surface area (Å²) in [5.41, 5.74) is 0.408. The van der Waals surface area contributed by atoms with Gasteiger partial charge >= 0.3 is 6.18 Å². The quantitative estimate of drug-likeness (QED) is 0.728. The van der Waals surface area contributed by atoms with Crippen molar-refractivity contribution in [3.05, 3.63) is 65.4 Å². The van der Waals surface area contributed by atoms with Crippen LogP contribution in [0.15, 0.2) is 48.7 Å². The number of rotatable bonds is 3. The first-order chi connectivity index (χ1) is 12.3. The van der Waals surface area contributed by atoms with E-state index < -0.39 is 17.6 Å². The number of alkyl halides is 3. The Hall–Kier alpha value is -3.09. The van der Waals surface area contributed by atoms with Crippen LogP contribution in [0.3, 0.4) is 0 Å². The number of fused-ring (bicyclic) bond motifs is 1. The highest BCUT2D eigenvalue weighted by molar-refractivity contribution is 6.09. The molecule has 0 spiro atoms. The summed E-state index contributed by atoms with van der Waals surface area (Å²) in [6.45, 7) is 1.84. The summed E-state index contributed by atoms with van der Waals surface area (Å²) in [7, 11) is 1.50. The molecule has 0 saturated carbocycles. The smallest absolute Gasteiger partial charge is 0.418 e. The van der Waals surface area contributed by atoms with Crippen molar-refractivity contribution in [1.82, 2.24) is 4.98 Å². The zero-order valence-corrected chi connectivity index (χ0v) is 14.0. The average molecular weight is 360 g/mol. The third-order valence-electron chi connectivity index (χ3n) is 3.99. The van der Waals surface area contributed by atoms with Gasteiger partial charge in [0.15, 0.2) is 0 Å². The number of amides is 1. The van der Waals surface area contributed by atoms with Crippen LogP contribution >= 0.6 is 0 Å². The number of hydrogen-bond donors (Lipinski definition) is 1. The monoisotopic (exact) mass is 360 g/mol. The Balaban J connectivity index is 2.00. The summed E-state index contributed by atoms with van der Waals surface area (Å²) < 4.78 is 44.7. The molecule has 0 radical (unpaired) electrons. The van der Waals surface area contributed by atoms with E-state index in [9.17, 15) is 18.0 Å². The largest absolute Gasteiger partial charge is 0.496 e. The fraction of sp³-hybridized carbons (Fsp3) is 0.158. The molecule has 1 amide bonds. The van der Waals surface area contributed by atoms with Gasteiger partial charge < -0.3 is 10.1 Å². The van der Waals surface area contributed by atoms with Crippen LogP contribution in [0.5, 0.6) is 5.75 Å². The highest BCUT2D eigenvalue weighted by atomic mass is 19.4. The minimum Gasteiger partial charge on any atom is -0.496 e. The first-order valence-electron chi connectivity index (χ1n) is 7.72. The molecule has 0 unspecified atom stereocenters. The van der Waals surface area contributed by atoms with Crippen LogP contribution in [0.4, 0.5) is 18.9 Å². The van der Waals surface area contributed by atoms with E-state index in [0.29, 0.717) is 11.3 Å². The van der Waals surface area contributed by atoms with Gasteiger partial charge in [-0.3, -0.25) is 9.78 Å². The minimum absolute atomic E-state index is 0.209. The standard InChI is InChI=1S/C19H15F3N2O2/c1-11-6-7-12(10-16(11)26-2)18(25)24-15-8-9-23-17-13(15)4-3-5-14(17)19(20,21)22/h3-10H,1-2H3,(H,23,24,25). The van der Waals surface area contributed by atoms with Crippen LogP contribution in [0.2, 0.25) is 0 Å². The van der Waals surface area contributed by atoms with Gasteiger partial charge in [0.05, 0.1) is 23.9 Å². The second-order valence-corrected chi connectivity index (χ2v) is 5.70. The van der Waals surface area contributed by atoms with E-state index in [0.717, 1.165) is 11.6 Å². The van der Waals surface area contributed by atoms with Crippen molar-refractivity contribution in [2.24, 2.45) is 0 Å². The highest BCUT2D eigenvalue weighted by Gasteiger charge is 2.33. The number of nitrogens with zero attached hydrogens (tertiary/aromatic N) is 1. The van der Waals surface area contributed by atoms with Crippen LogP contribution in [0.1, 0.15) is 21.5 Å². The zero-order valence-electron chi connectivity index (χ0n) is 14.0. The number of para-hydroxylation sites is 1. The van der Waals surface area contributed by atoms with Crippen LogP contribution < -0.4 is 10.1 Å². The number of halogens is 3. The van der Waals surface area contributed by atoms with Gasteiger partial charge in [-0.15, -0.1) is 0 Å². The summed E-state index contributed by atoms with van der Waals surface area (Å²) >= 11 is 0. The van der Waals surface area contributed by atoms with Gasteiger partial charge in [0, 0.05) is 17.1 Å². The van der Waals surface area contributed by atoms with Crippen LogP contribution in [0.25, 0.3) is 10.9 Å². The predicted octanol–water partition coefficient (Wildman–Crippen LogP) is 4.82. The van der Waals surface area contributed by atoms with E-state index >= 15 is 0 Å². The topological polar surface area (TPSA) is 51.2 Å². The second-order valence-electron chi connectivity index (χ2n) is 5.70. The van der Waals surface area contributed by atoms with Gasteiger partial charge in [-0.25, -0.2) is 0 Å². The predicted molar refractivity (Wildman–Crippen MR) is 92.4 cm³/mol. The van der Waals surface area contributed by atoms with Crippen molar-refractivity contribution in [2.75, 3.05) is 12.4 Å². The van der Waals surface area contributed by atoms with Gasteiger partial charge in [-0.05, 0) is 36.8 Å². The first-order valence-corrected chi connectivity index (χ1v) is 7.72. The maximum absolute atomic E-state index is 13.2. The normalized spacial score (nSPS) is 11.4. The summed E-state index contributed by atoms with van der Waals surface area (Å²) in [6, 6.07) is 10.1. The Morgan fingerprint density at radius 3 is 2.62 bits per heavy atom. The van der Waals surface area contributed by atoms with Gasteiger partial charge in [-0.1, -0.05) is 18.2 Å². The number of nitrogens with one attached hydrogen (secondary N) is 1.